The molecule has 0 N–H and O–H groups in total. The first-order chi connectivity index (χ1) is 11.5. The molecule has 1 atom stereocenters. The summed E-state index contributed by atoms with van der Waals surface area (Å²) >= 11 is 0. The first kappa shape index (κ1) is 16.9. The van der Waals surface area contributed by atoms with Crippen LogP contribution in [0.15, 0.2) is 25.0 Å². The Balaban J connectivity index is 1.88. The minimum atomic E-state index is -0.481. The molecule has 3 heterocycles. The van der Waals surface area contributed by atoms with Crippen LogP contribution in [0.4, 0.5) is 5.95 Å². The number of hydrogen-bond donors (Lipinski definition) is 0. The van der Waals surface area contributed by atoms with Crippen LogP contribution in [-0.4, -0.2) is 70.0 Å². The normalized spacial score (nSPS) is 25.1. The third kappa shape index (κ3) is 2.79. The summed E-state index contributed by atoms with van der Waals surface area (Å²) in [6.07, 6.45) is 6.36. The fourth-order valence-electron chi connectivity index (χ4n) is 3.81. The third-order valence-corrected chi connectivity index (χ3v) is 5.15. The minimum Gasteiger partial charge on any atom is -0.338 e. The van der Waals surface area contributed by atoms with Crippen molar-refractivity contribution < 1.29 is 4.79 Å². The zero-order valence-corrected chi connectivity index (χ0v) is 14.9. The van der Waals surface area contributed by atoms with E-state index in [9.17, 15) is 4.79 Å². The molecule has 1 amide bonds. The maximum Gasteiger partial charge on any atom is 0.245 e. The molecule has 0 unspecified atom stereocenters. The van der Waals surface area contributed by atoms with E-state index in [1.54, 1.807) is 0 Å². The van der Waals surface area contributed by atoms with Gasteiger partial charge < -0.3 is 9.80 Å². The molecule has 2 aliphatic heterocycles. The summed E-state index contributed by atoms with van der Waals surface area (Å²) in [5.74, 6) is 0.950. The van der Waals surface area contributed by atoms with Gasteiger partial charge in [0.2, 0.25) is 11.9 Å². The van der Waals surface area contributed by atoms with Gasteiger partial charge in [0.1, 0.15) is 5.54 Å². The molecule has 2 aliphatic rings. The summed E-state index contributed by atoms with van der Waals surface area (Å²) in [5.41, 5.74) is 0.561. The predicted molar refractivity (Wildman–Crippen MR) is 94.9 cm³/mol. The van der Waals surface area contributed by atoms with Crippen molar-refractivity contribution >= 4 is 11.9 Å². The highest BCUT2D eigenvalue weighted by Gasteiger charge is 2.53. The maximum absolute atomic E-state index is 13.3. The van der Waals surface area contributed by atoms with Crippen molar-refractivity contribution in [3.8, 4) is 0 Å². The van der Waals surface area contributed by atoms with E-state index in [0.29, 0.717) is 12.5 Å². The Hall–Kier alpha value is -1.95. The SMILES string of the molecule is C=CCN1CCN(C(C)C)C(=O)[C@@]12CCN(c1ncc(C)cn1)C2. The molecule has 130 valence electrons. The Kier molecular flexibility index (Phi) is 4.58. The second-order valence-corrected chi connectivity index (χ2v) is 7.09. The van der Waals surface area contributed by atoms with Crippen LogP contribution in [0.3, 0.4) is 0 Å². The Morgan fingerprint density at radius 2 is 2.00 bits per heavy atom. The van der Waals surface area contributed by atoms with E-state index in [-0.39, 0.29) is 11.9 Å². The van der Waals surface area contributed by atoms with E-state index < -0.39 is 5.54 Å². The molecule has 2 saturated heterocycles. The largest absolute Gasteiger partial charge is 0.338 e. The van der Waals surface area contributed by atoms with Gasteiger partial charge in [-0.05, 0) is 32.8 Å². The maximum atomic E-state index is 13.3. The quantitative estimate of drug-likeness (QED) is 0.783. The van der Waals surface area contributed by atoms with E-state index in [2.05, 4.69) is 40.2 Å². The van der Waals surface area contributed by atoms with Gasteiger partial charge in [-0.15, -0.1) is 6.58 Å². The van der Waals surface area contributed by atoms with E-state index in [0.717, 1.165) is 38.2 Å². The predicted octanol–water partition coefficient (Wildman–Crippen LogP) is 1.47. The van der Waals surface area contributed by atoms with Crippen LogP contribution in [0.25, 0.3) is 0 Å². The van der Waals surface area contributed by atoms with Crippen LogP contribution in [0.2, 0.25) is 0 Å². The molecule has 6 nitrogen and oxygen atoms in total. The van der Waals surface area contributed by atoms with Crippen LogP contribution >= 0.6 is 0 Å². The standard InChI is InChI=1S/C18H27N5O/c1-5-7-22-9-10-23(14(2)3)16(24)18(22)6-8-21(13-18)17-19-11-15(4)12-20-17/h5,11-12,14H,1,6-10,13H2,2-4H3/t18-/m0/s1. The molecule has 6 heteroatoms. The molecule has 0 saturated carbocycles. The molecule has 3 rings (SSSR count). The molecular weight excluding hydrogens is 302 g/mol. The molecular formula is C18H27N5O. The van der Waals surface area contributed by atoms with Gasteiger partial charge in [0.15, 0.2) is 0 Å². The number of nitrogens with zero attached hydrogens (tertiary/aromatic N) is 5. The van der Waals surface area contributed by atoms with Crippen molar-refractivity contribution in [2.45, 2.75) is 38.8 Å². The smallest absolute Gasteiger partial charge is 0.245 e. The zero-order valence-electron chi connectivity index (χ0n) is 14.9. The number of aryl methyl sites for hydroxylation is 1. The van der Waals surface area contributed by atoms with Gasteiger partial charge >= 0.3 is 0 Å². The molecule has 1 spiro atoms. The van der Waals surface area contributed by atoms with Gasteiger partial charge in [-0.1, -0.05) is 6.08 Å². The van der Waals surface area contributed by atoms with Crippen molar-refractivity contribution in [3.05, 3.63) is 30.6 Å². The van der Waals surface area contributed by atoms with Crippen molar-refractivity contribution in [2.24, 2.45) is 0 Å². The van der Waals surface area contributed by atoms with Crippen LogP contribution in [0.5, 0.6) is 0 Å². The Morgan fingerprint density at radius 1 is 1.29 bits per heavy atom. The molecule has 0 aliphatic carbocycles. The topological polar surface area (TPSA) is 52.6 Å². The Morgan fingerprint density at radius 3 is 2.62 bits per heavy atom. The summed E-state index contributed by atoms with van der Waals surface area (Å²) < 4.78 is 0. The van der Waals surface area contributed by atoms with E-state index in [4.69, 9.17) is 0 Å². The third-order valence-electron chi connectivity index (χ3n) is 5.15. The first-order valence-electron chi connectivity index (χ1n) is 8.68. The van der Waals surface area contributed by atoms with Crippen molar-refractivity contribution in [3.63, 3.8) is 0 Å². The van der Waals surface area contributed by atoms with Gasteiger partial charge in [0, 0.05) is 51.2 Å². The summed E-state index contributed by atoms with van der Waals surface area (Å²) in [7, 11) is 0. The average molecular weight is 329 g/mol. The Bertz CT molecular complexity index is 614. The number of aromatic nitrogens is 2. The molecule has 0 aromatic carbocycles. The highest BCUT2D eigenvalue weighted by molar-refractivity contribution is 5.89. The number of amides is 1. The average Bonchev–Trinajstić information content (AvgIpc) is 2.99. The summed E-state index contributed by atoms with van der Waals surface area (Å²) in [6, 6.07) is 0.227. The van der Waals surface area contributed by atoms with E-state index in [1.165, 1.54) is 0 Å². The van der Waals surface area contributed by atoms with Gasteiger partial charge in [-0.3, -0.25) is 9.69 Å². The van der Waals surface area contributed by atoms with Crippen LogP contribution in [0, 0.1) is 6.92 Å². The van der Waals surface area contributed by atoms with Crippen molar-refractivity contribution in [2.75, 3.05) is 37.6 Å². The monoisotopic (exact) mass is 329 g/mol. The van der Waals surface area contributed by atoms with E-state index >= 15 is 0 Å². The van der Waals surface area contributed by atoms with Gasteiger partial charge in [-0.25, -0.2) is 9.97 Å². The fourth-order valence-corrected chi connectivity index (χ4v) is 3.81. The zero-order chi connectivity index (χ0) is 17.3. The van der Waals surface area contributed by atoms with Gasteiger partial charge in [0.25, 0.3) is 0 Å². The number of piperazine rings is 1. The first-order valence-corrected chi connectivity index (χ1v) is 8.68. The number of hydrogen-bond acceptors (Lipinski definition) is 5. The summed E-state index contributed by atoms with van der Waals surface area (Å²) in [4.78, 5) is 28.6. The van der Waals surface area contributed by atoms with Crippen molar-refractivity contribution in [1.82, 2.24) is 19.8 Å². The lowest BCUT2D eigenvalue weighted by atomic mass is 9.90. The molecule has 1 aromatic rings. The summed E-state index contributed by atoms with van der Waals surface area (Å²) in [6.45, 7) is 13.9. The summed E-state index contributed by atoms with van der Waals surface area (Å²) in [5, 5.41) is 0. The van der Waals surface area contributed by atoms with Crippen molar-refractivity contribution in [1.29, 1.82) is 0 Å². The minimum absolute atomic E-state index is 0.227. The van der Waals surface area contributed by atoms with Crippen LogP contribution < -0.4 is 4.90 Å². The fraction of sp³-hybridized carbons (Fsp3) is 0.611. The highest BCUT2D eigenvalue weighted by Crippen LogP contribution is 2.35. The lowest BCUT2D eigenvalue weighted by Gasteiger charge is -2.48. The van der Waals surface area contributed by atoms with E-state index in [1.807, 2.05) is 30.3 Å². The molecule has 0 radical (unpaired) electrons. The number of carbonyl (C=O) groups excluding carboxylic acids is 1. The number of rotatable bonds is 4. The number of carbonyl (C=O) groups is 1. The van der Waals surface area contributed by atoms with Gasteiger partial charge in [0.05, 0.1) is 0 Å². The lowest BCUT2D eigenvalue weighted by molar-refractivity contribution is -0.151. The van der Waals surface area contributed by atoms with Crippen LogP contribution in [-0.2, 0) is 4.79 Å². The molecule has 0 bridgehead atoms. The van der Waals surface area contributed by atoms with Crippen LogP contribution in [0.1, 0.15) is 25.8 Å². The molecule has 1 aromatic heterocycles. The second-order valence-electron chi connectivity index (χ2n) is 7.09. The lowest BCUT2D eigenvalue weighted by Crippen LogP contribution is -2.68. The number of anilines is 1. The Labute approximate surface area is 144 Å². The second kappa shape index (κ2) is 6.51. The van der Waals surface area contributed by atoms with Gasteiger partial charge in [-0.2, -0.15) is 0 Å². The molecule has 2 fully saturated rings. The molecule has 24 heavy (non-hydrogen) atoms. The highest BCUT2D eigenvalue weighted by atomic mass is 16.2.